The van der Waals surface area contributed by atoms with Gasteiger partial charge in [-0.25, -0.2) is 9.97 Å². The summed E-state index contributed by atoms with van der Waals surface area (Å²) in [6.07, 6.45) is 0. The molecule has 1 fully saturated rings. The molecule has 2 heterocycles. The molecule has 1 saturated heterocycles. The summed E-state index contributed by atoms with van der Waals surface area (Å²) in [4.78, 5) is 25.1. The fraction of sp³-hybridized carbons (Fsp3) is 0.667. The average Bonchev–Trinajstić information content (AvgIpc) is 2.43. The van der Waals surface area contributed by atoms with Crippen molar-refractivity contribution in [1.82, 2.24) is 20.2 Å². The molecule has 1 aromatic heterocycles. The van der Waals surface area contributed by atoms with E-state index in [2.05, 4.69) is 32.1 Å². The summed E-state index contributed by atoms with van der Waals surface area (Å²) in [6.45, 7) is 9.69. The fourth-order valence-corrected chi connectivity index (χ4v) is 3.11. The molecule has 0 radical (unpaired) electrons. The molecule has 1 aliphatic rings. The number of nitrogens with zero attached hydrogens (tertiary/aromatic N) is 4. The van der Waals surface area contributed by atoms with E-state index in [-0.39, 0.29) is 17.2 Å². The second-order valence-electron chi connectivity index (χ2n) is 6.71. The lowest BCUT2D eigenvalue weighted by atomic mass is 10.1. The van der Waals surface area contributed by atoms with Crippen LogP contribution < -0.4 is 10.2 Å². The Kier molecular flexibility index (Phi) is 6.11. The molecule has 1 N–H and O–H groups in total. The second kappa shape index (κ2) is 7.68. The van der Waals surface area contributed by atoms with E-state index in [0.717, 1.165) is 32.0 Å². The van der Waals surface area contributed by atoms with Gasteiger partial charge in [-0.2, -0.15) is 0 Å². The highest BCUT2D eigenvalue weighted by molar-refractivity contribution is 7.99. The van der Waals surface area contributed by atoms with Crippen molar-refractivity contribution in [3.63, 3.8) is 0 Å². The number of likely N-dealkylation sites (N-methyl/N-ethyl adjacent to an activating group) is 1. The number of aromatic nitrogens is 2. The van der Waals surface area contributed by atoms with Crippen LogP contribution in [0.5, 0.6) is 0 Å². The van der Waals surface area contributed by atoms with Crippen LogP contribution in [0.3, 0.4) is 0 Å². The summed E-state index contributed by atoms with van der Waals surface area (Å²) in [5, 5.41) is 3.87. The van der Waals surface area contributed by atoms with Crippen molar-refractivity contribution in [3.05, 3.63) is 11.2 Å². The summed E-state index contributed by atoms with van der Waals surface area (Å²) >= 11 is 7.42. The number of rotatable bonds is 4. The number of piperazine rings is 1. The van der Waals surface area contributed by atoms with E-state index >= 15 is 0 Å². The molecular weight excluding hydrogens is 334 g/mol. The van der Waals surface area contributed by atoms with Crippen molar-refractivity contribution < 1.29 is 4.79 Å². The predicted octanol–water partition coefficient (Wildman–Crippen LogP) is 1.89. The van der Waals surface area contributed by atoms with Crippen LogP contribution >= 0.6 is 23.4 Å². The van der Waals surface area contributed by atoms with Crippen molar-refractivity contribution in [2.45, 2.75) is 31.5 Å². The molecule has 0 aliphatic carbocycles. The van der Waals surface area contributed by atoms with E-state index in [0.29, 0.717) is 10.3 Å². The van der Waals surface area contributed by atoms with Crippen LogP contribution in [0.15, 0.2) is 11.2 Å². The lowest BCUT2D eigenvalue weighted by molar-refractivity contribution is -0.119. The molecule has 0 aromatic carbocycles. The number of nitrogens with one attached hydrogen (secondary N) is 1. The molecule has 1 aromatic rings. The minimum absolute atomic E-state index is 0.0350. The minimum atomic E-state index is -0.238. The van der Waals surface area contributed by atoms with E-state index in [1.54, 1.807) is 6.07 Å². The first-order chi connectivity index (χ1) is 10.7. The van der Waals surface area contributed by atoms with Crippen LogP contribution in [0.4, 0.5) is 5.82 Å². The molecule has 1 aliphatic heterocycles. The van der Waals surface area contributed by atoms with Gasteiger partial charge in [-0.1, -0.05) is 23.4 Å². The Hall–Kier alpha value is -1.05. The summed E-state index contributed by atoms with van der Waals surface area (Å²) in [5.41, 5.74) is -0.238. The van der Waals surface area contributed by atoms with Crippen LogP contribution in [-0.2, 0) is 4.79 Å². The van der Waals surface area contributed by atoms with E-state index in [9.17, 15) is 4.79 Å². The molecule has 128 valence electrons. The normalized spacial score (nSPS) is 16.5. The number of hydrogen-bond acceptors (Lipinski definition) is 6. The molecule has 0 saturated carbocycles. The third-order valence-corrected chi connectivity index (χ3v) is 4.38. The number of hydrogen-bond donors (Lipinski definition) is 1. The molecule has 0 unspecified atom stereocenters. The molecule has 8 heteroatoms. The van der Waals surface area contributed by atoms with Crippen molar-refractivity contribution in [2.75, 3.05) is 43.9 Å². The van der Waals surface area contributed by atoms with Gasteiger partial charge < -0.3 is 15.1 Å². The van der Waals surface area contributed by atoms with Crippen molar-refractivity contribution in [2.24, 2.45) is 0 Å². The zero-order chi connectivity index (χ0) is 17.0. The Balaban J connectivity index is 1.99. The minimum Gasteiger partial charge on any atom is -0.354 e. The smallest absolute Gasteiger partial charge is 0.230 e. The number of carbonyl (C=O) groups excluding carboxylic acids is 1. The molecule has 1 amide bonds. The van der Waals surface area contributed by atoms with Gasteiger partial charge in [0.05, 0.1) is 5.75 Å². The first-order valence-electron chi connectivity index (χ1n) is 7.65. The standard InChI is InChI=1S/C15H24ClN5OS/c1-15(2,3)19-13(22)10-23-14-17-11(16)9-12(18-14)21-7-5-20(4)6-8-21/h9H,5-8,10H2,1-4H3,(H,19,22). The molecular formula is C15H24ClN5OS. The van der Waals surface area contributed by atoms with E-state index in [1.807, 2.05) is 20.8 Å². The molecule has 6 nitrogen and oxygen atoms in total. The van der Waals surface area contributed by atoms with Crippen LogP contribution in [0.2, 0.25) is 5.15 Å². The Morgan fingerprint density at radius 3 is 2.57 bits per heavy atom. The first kappa shape index (κ1) is 18.3. The highest BCUT2D eigenvalue weighted by atomic mass is 35.5. The van der Waals surface area contributed by atoms with Gasteiger partial charge in [0, 0.05) is 37.8 Å². The topological polar surface area (TPSA) is 61.4 Å². The van der Waals surface area contributed by atoms with Gasteiger partial charge in [0.25, 0.3) is 0 Å². The van der Waals surface area contributed by atoms with Gasteiger partial charge in [0.1, 0.15) is 11.0 Å². The summed E-state index contributed by atoms with van der Waals surface area (Å²) in [7, 11) is 2.11. The average molecular weight is 358 g/mol. The summed E-state index contributed by atoms with van der Waals surface area (Å²) in [6, 6.07) is 1.78. The lowest BCUT2D eigenvalue weighted by Gasteiger charge is -2.33. The number of thioether (sulfide) groups is 1. The van der Waals surface area contributed by atoms with Gasteiger partial charge in [-0.3, -0.25) is 4.79 Å². The van der Waals surface area contributed by atoms with Crippen LogP contribution in [-0.4, -0.2) is 65.3 Å². The third-order valence-electron chi connectivity index (χ3n) is 3.33. The first-order valence-corrected chi connectivity index (χ1v) is 9.01. The van der Waals surface area contributed by atoms with Crippen molar-refractivity contribution in [1.29, 1.82) is 0 Å². The maximum Gasteiger partial charge on any atom is 0.230 e. The van der Waals surface area contributed by atoms with Crippen molar-refractivity contribution >= 4 is 35.1 Å². The number of anilines is 1. The maximum atomic E-state index is 11.9. The molecule has 23 heavy (non-hydrogen) atoms. The SMILES string of the molecule is CN1CCN(c2cc(Cl)nc(SCC(=O)NC(C)(C)C)n2)CC1. The van der Waals surface area contributed by atoms with Crippen LogP contribution in [0.1, 0.15) is 20.8 Å². The second-order valence-corrected chi connectivity index (χ2v) is 8.04. The van der Waals surface area contributed by atoms with Crippen LogP contribution in [0.25, 0.3) is 0 Å². The van der Waals surface area contributed by atoms with Gasteiger partial charge in [0.15, 0.2) is 5.16 Å². The van der Waals surface area contributed by atoms with E-state index in [4.69, 9.17) is 11.6 Å². The quantitative estimate of drug-likeness (QED) is 0.504. The number of carbonyl (C=O) groups is 1. The number of halogens is 1. The zero-order valence-corrected chi connectivity index (χ0v) is 15.7. The molecule has 2 rings (SSSR count). The largest absolute Gasteiger partial charge is 0.354 e. The lowest BCUT2D eigenvalue weighted by Crippen LogP contribution is -2.44. The monoisotopic (exact) mass is 357 g/mol. The Bertz CT molecular complexity index is 555. The van der Waals surface area contributed by atoms with Gasteiger partial charge >= 0.3 is 0 Å². The van der Waals surface area contributed by atoms with Gasteiger partial charge in [-0.15, -0.1) is 0 Å². The van der Waals surface area contributed by atoms with Gasteiger partial charge in [0.2, 0.25) is 5.91 Å². The fourth-order valence-electron chi connectivity index (χ4n) is 2.23. The zero-order valence-electron chi connectivity index (χ0n) is 14.1. The highest BCUT2D eigenvalue weighted by Gasteiger charge is 2.18. The summed E-state index contributed by atoms with van der Waals surface area (Å²) in [5.74, 6) is 1.07. The third kappa shape index (κ3) is 6.16. The molecule has 0 bridgehead atoms. The maximum absolute atomic E-state index is 11.9. The Morgan fingerprint density at radius 2 is 1.96 bits per heavy atom. The number of amides is 1. The Morgan fingerprint density at radius 1 is 1.30 bits per heavy atom. The predicted molar refractivity (Wildman–Crippen MR) is 95.4 cm³/mol. The summed E-state index contributed by atoms with van der Waals surface area (Å²) < 4.78 is 0. The van der Waals surface area contributed by atoms with Crippen LogP contribution in [0, 0.1) is 0 Å². The highest BCUT2D eigenvalue weighted by Crippen LogP contribution is 2.22. The van der Waals surface area contributed by atoms with Gasteiger partial charge in [-0.05, 0) is 27.8 Å². The van der Waals surface area contributed by atoms with E-state index in [1.165, 1.54) is 11.8 Å². The Labute approximate surface area is 147 Å². The van der Waals surface area contributed by atoms with E-state index < -0.39 is 0 Å². The molecule has 0 atom stereocenters. The molecule has 0 spiro atoms. The van der Waals surface area contributed by atoms with Crippen molar-refractivity contribution in [3.8, 4) is 0 Å².